The molecule has 0 saturated heterocycles. The van der Waals surface area contributed by atoms with Gasteiger partial charge in [-0.05, 0) is 6.07 Å². The first kappa shape index (κ1) is 6.40. The van der Waals surface area contributed by atoms with E-state index >= 15 is 0 Å². The zero-order valence-electron chi connectivity index (χ0n) is 6.78. The van der Waals surface area contributed by atoms with Gasteiger partial charge in [0.05, 0.1) is 10.9 Å². The lowest BCUT2D eigenvalue weighted by atomic mass is 10.3. The predicted octanol–water partition coefficient (Wildman–Crippen LogP) is 1.00. The van der Waals surface area contributed by atoms with Gasteiger partial charge in [-0.3, -0.25) is 0 Å². The number of aromatic nitrogens is 2. The Balaban J connectivity index is 2.86. The van der Waals surface area contributed by atoms with Gasteiger partial charge in [0, 0.05) is 19.3 Å². The maximum absolute atomic E-state index is 2.12. The highest BCUT2D eigenvalue weighted by Gasteiger charge is 2.00. The van der Waals surface area contributed by atoms with Crippen LogP contribution in [0.5, 0.6) is 0 Å². The SMILES string of the molecule is Cn1ccc2c[n+](C)ccc21. The van der Waals surface area contributed by atoms with Crippen molar-refractivity contribution in [1.82, 2.24) is 4.57 Å². The summed E-state index contributed by atoms with van der Waals surface area (Å²) in [5.41, 5.74) is 1.28. The second-order valence-electron chi connectivity index (χ2n) is 2.88. The van der Waals surface area contributed by atoms with Crippen LogP contribution in [0.25, 0.3) is 10.9 Å². The van der Waals surface area contributed by atoms with Gasteiger partial charge in [-0.15, -0.1) is 0 Å². The highest BCUT2D eigenvalue weighted by molar-refractivity contribution is 5.77. The lowest BCUT2D eigenvalue weighted by Crippen LogP contribution is -2.25. The van der Waals surface area contributed by atoms with Crippen molar-refractivity contribution in [3.05, 3.63) is 30.7 Å². The average molecular weight is 147 g/mol. The maximum Gasteiger partial charge on any atom is 0.177 e. The molecule has 0 aliphatic heterocycles. The molecule has 0 spiro atoms. The third-order valence-corrected chi connectivity index (χ3v) is 1.96. The number of rotatable bonds is 0. The largest absolute Gasteiger partial charge is 0.350 e. The Morgan fingerprint density at radius 3 is 3.00 bits per heavy atom. The average Bonchev–Trinajstić information content (AvgIpc) is 2.32. The number of fused-ring (bicyclic) bond motifs is 1. The first-order valence-corrected chi connectivity index (χ1v) is 3.68. The first-order valence-electron chi connectivity index (χ1n) is 3.68. The fourth-order valence-corrected chi connectivity index (χ4v) is 1.33. The molecule has 0 bridgehead atoms. The molecular formula is C9H11N2+. The minimum Gasteiger partial charge on any atom is -0.350 e. The molecule has 11 heavy (non-hydrogen) atoms. The van der Waals surface area contributed by atoms with Crippen molar-refractivity contribution >= 4 is 10.9 Å². The highest BCUT2D eigenvalue weighted by atomic mass is 14.9. The van der Waals surface area contributed by atoms with Gasteiger partial charge in [0.1, 0.15) is 7.05 Å². The number of hydrogen-bond donors (Lipinski definition) is 0. The van der Waals surface area contributed by atoms with Crippen LogP contribution in [0.1, 0.15) is 0 Å². The molecule has 0 N–H and O–H groups in total. The van der Waals surface area contributed by atoms with Crippen LogP contribution in [-0.4, -0.2) is 4.57 Å². The van der Waals surface area contributed by atoms with Crippen LogP contribution in [0.15, 0.2) is 30.7 Å². The molecule has 0 radical (unpaired) electrons. The van der Waals surface area contributed by atoms with E-state index in [4.69, 9.17) is 0 Å². The molecule has 0 atom stereocenters. The molecule has 56 valence electrons. The minimum atomic E-state index is 1.28. The summed E-state index contributed by atoms with van der Waals surface area (Å²) in [6.07, 6.45) is 6.25. The Morgan fingerprint density at radius 1 is 1.36 bits per heavy atom. The summed E-state index contributed by atoms with van der Waals surface area (Å²) >= 11 is 0. The molecule has 0 aromatic carbocycles. The van der Waals surface area contributed by atoms with E-state index in [-0.39, 0.29) is 0 Å². The van der Waals surface area contributed by atoms with Gasteiger partial charge in [-0.2, -0.15) is 0 Å². The van der Waals surface area contributed by atoms with E-state index in [1.165, 1.54) is 10.9 Å². The summed E-state index contributed by atoms with van der Waals surface area (Å²) in [7, 11) is 4.09. The Kier molecular flexibility index (Phi) is 1.22. The third-order valence-electron chi connectivity index (χ3n) is 1.96. The fraction of sp³-hybridized carbons (Fsp3) is 0.222. The van der Waals surface area contributed by atoms with Crippen LogP contribution in [0.3, 0.4) is 0 Å². The van der Waals surface area contributed by atoms with Crippen molar-refractivity contribution in [2.45, 2.75) is 0 Å². The van der Waals surface area contributed by atoms with Crippen LogP contribution >= 0.6 is 0 Å². The molecule has 2 nitrogen and oxygen atoms in total. The van der Waals surface area contributed by atoms with E-state index in [9.17, 15) is 0 Å². The standard InChI is InChI=1S/C9H11N2/c1-10-5-4-9-8(7-10)3-6-11(9)2/h3-7H,1-2H3/q+1. The van der Waals surface area contributed by atoms with Crippen molar-refractivity contribution < 1.29 is 4.57 Å². The van der Waals surface area contributed by atoms with E-state index in [0.29, 0.717) is 0 Å². The van der Waals surface area contributed by atoms with Crippen molar-refractivity contribution in [3.63, 3.8) is 0 Å². The van der Waals surface area contributed by atoms with E-state index < -0.39 is 0 Å². The smallest absolute Gasteiger partial charge is 0.177 e. The Bertz CT molecular complexity index is 387. The van der Waals surface area contributed by atoms with E-state index in [0.717, 1.165) is 0 Å². The minimum absolute atomic E-state index is 1.28. The van der Waals surface area contributed by atoms with E-state index in [1.54, 1.807) is 0 Å². The zero-order valence-corrected chi connectivity index (χ0v) is 6.78. The summed E-state index contributed by atoms with van der Waals surface area (Å²) in [5, 5.41) is 1.29. The van der Waals surface area contributed by atoms with Crippen LogP contribution in [0.2, 0.25) is 0 Å². The molecule has 2 aromatic heterocycles. The van der Waals surface area contributed by atoms with Gasteiger partial charge in [-0.1, -0.05) is 0 Å². The summed E-state index contributed by atoms with van der Waals surface area (Å²) in [5.74, 6) is 0. The lowest BCUT2D eigenvalue weighted by molar-refractivity contribution is -0.670. The summed E-state index contributed by atoms with van der Waals surface area (Å²) in [6, 6.07) is 4.24. The lowest BCUT2D eigenvalue weighted by Gasteiger charge is -1.92. The normalized spacial score (nSPS) is 10.7. The topological polar surface area (TPSA) is 8.81 Å². The molecule has 0 amide bonds. The second-order valence-corrected chi connectivity index (χ2v) is 2.88. The molecule has 2 aromatic rings. The van der Waals surface area contributed by atoms with E-state index in [1.807, 2.05) is 7.05 Å². The van der Waals surface area contributed by atoms with Gasteiger partial charge in [0.25, 0.3) is 0 Å². The van der Waals surface area contributed by atoms with Crippen LogP contribution in [-0.2, 0) is 14.1 Å². The fourth-order valence-electron chi connectivity index (χ4n) is 1.33. The Labute approximate surface area is 65.7 Å². The Morgan fingerprint density at radius 2 is 2.18 bits per heavy atom. The van der Waals surface area contributed by atoms with Crippen molar-refractivity contribution in [3.8, 4) is 0 Å². The number of nitrogens with zero attached hydrogens (tertiary/aromatic N) is 2. The molecule has 2 heteroatoms. The summed E-state index contributed by atoms with van der Waals surface area (Å²) in [4.78, 5) is 0. The summed E-state index contributed by atoms with van der Waals surface area (Å²) in [6.45, 7) is 0. The number of hydrogen-bond acceptors (Lipinski definition) is 0. The molecule has 0 unspecified atom stereocenters. The van der Waals surface area contributed by atoms with Gasteiger partial charge in [0.15, 0.2) is 12.4 Å². The molecule has 0 fully saturated rings. The van der Waals surface area contributed by atoms with Crippen molar-refractivity contribution in [2.75, 3.05) is 0 Å². The molecule has 0 saturated carbocycles. The molecule has 2 rings (SSSR count). The van der Waals surface area contributed by atoms with Crippen LogP contribution < -0.4 is 4.57 Å². The maximum atomic E-state index is 2.12. The molecule has 2 heterocycles. The molecule has 0 aliphatic rings. The zero-order chi connectivity index (χ0) is 7.84. The molecular weight excluding hydrogens is 136 g/mol. The predicted molar refractivity (Wildman–Crippen MR) is 44.1 cm³/mol. The first-order chi connectivity index (χ1) is 5.27. The van der Waals surface area contributed by atoms with Gasteiger partial charge >= 0.3 is 0 Å². The van der Waals surface area contributed by atoms with Crippen LogP contribution in [0, 0.1) is 0 Å². The highest BCUT2D eigenvalue weighted by Crippen LogP contribution is 2.10. The van der Waals surface area contributed by atoms with Crippen molar-refractivity contribution in [2.24, 2.45) is 14.1 Å². The van der Waals surface area contributed by atoms with Gasteiger partial charge in [-0.25, -0.2) is 4.57 Å². The van der Waals surface area contributed by atoms with Gasteiger partial charge < -0.3 is 4.57 Å². The molecule has 0 aliphatic carbocycles. The van der Waals surface area contributed by atoms with E-state index in [2.05, 4.69) is 46.9 Å². The second kappa shape index (κ2) is 2.09. The number of pyridine rings is 1. The summed E-state index contributed by atoms with van der Waals surface area (Å²) < 4.78 is 4.18. The third kappa shape index (κ3) is 0.909. The van der Waals surface area contributed by atoms with Gasteiger partial charge in [0.2, 0.25) is 0 Å². The van der Waals surface area contributed by atoms with Crippen molar-refractivity contribution in [1.29, 1.82) is 0 Å². The Hall–Kier alpha value is -1.31. The number of aryl methyl sites for hydroxylation is 2. The van der Waals surface area contributed by atoms with Crippen LogP contribution in [0.4, 0.5) is 0 Å². The monoisotopic (exact) mass is 147 g/mol. The quantitative estimate of drug-likeness (QED) is 0.492.